The minimum absolute atomic E-state index is 0.218. The van der Waals surface area contributed by atoms with Crippen LogP contribution in [0.4, 0.5) is 13.2 Å². The maximum atomic E-state index is 12.0. The van der Waals surface area contributed by atoms with E-state index in [2.05, 4.69) is 0 Å². The number of alkyl halides is 3. The summed E-state index contributed by atoms with van der Waals surface area (Å²) in [5, 5.41) is 10.5. The highest BCUT2D eigenvalue weighted by Gasteiger charge is 2.32. The molecule has 3 nitrogen and oxygen atoms in total. The first-order valence-corrected chi connectivity index (χ1v) is 4.74. The van der Waals surface area contributed by atoms with Gasteiger partial charge in [-0.25, -0.2) is 0 Å². The predicted molar refractivity (Wildman–Crippen MR) is 54.0 cm³/mol. The van der Waals surface area contributed by atoms with Crippen molar-refractivity contribution < 1.29 is 18.0 Å². The fraction of sp³-hybridized carbons (Fsp3) is 0.273. The van der Waals surface area contributed by atoms with Crippen LogP contribution >= 0.6 is 0 Å². The lowest BCUT2D eigenvalue weighted by molar-refractivity contribution is -0.136. The summed E-state index contributed by atoms with van der Waals surface area (Å²) in [5.41, 5.74) is 0.218. The number of halogens is 3. The molecule has 0 aromatic heterocycles. The number of nitriles is 1. The van der Waals surface area contributed by atoms with E-state index in [4.69, 9.17) is 5.26 Å². The summed E-state index contributed by atoms with van der Waals surface area (Å²) in [6.45, 7) is 0. The van der Waals surface area contributed by atoms with Gasteiger partial charge in [0.25, 0.3) is 5.91 Å². The molecule has 1 aromatic carbocycles. The first-order chi connectivity index (χ1) is 7.92. The fourth-order valence-electron chi connectivity index (χ4n) is 1.19. The Labute approximate surface area is 95.9 Å². The molecule has 0 spiro atoms. The third kappa shape index (κ3) is 4.55. The van der Waals surface area contributed by atoms with Crippen LogP contribution in [0.3, 0.4) is 0 Å². The van der Waals surface area contributed by atoms with Crippen LogP contribution in [0.15, 0.2) is 30.3 Å². The standard InChI is InChI=1S/C11H9F3N2O/c12-11(13,14)6-9(7-15)16-10(17)8-4-2-1-3-5-8/h1-5,9H,6H2,(H,16,17)/t9-/m1/s1. The van der Waals surface area contributed by atoms with Crippen LogP contribution in [0.5, 0.6) is 0 Å². The summed E-state index contributed by atoms with van der Waals surface area (Å²) in [7, 11) is 0. The second kappa shape index (κ2) is 5.34. The molecule has 17 heavy (non-hydrogen) atoms. The molecule has 0 aliphatic rings. The summed E-state index contributed by atoms with van der Waals surface area (Å²) in [5.74, 6) is -0.693. The Morgan fingerprint density at radius 2 is 1.94 bits per heavy atom. The van der Waals surface area contributed by atoms with Gasteiger partial charge in [-0.2, -0.15) is 18.4 Å². The zero-order valence-electron chi connectivity index (χ0n) is 8.66. The molecular weight excluding hydrogens is 233 g/mol. The highest BCUT2D eigenvalue weighted by atomic mass is 19.4. The van der Waals surface area contributed by atoms with Crippen LogP contribution in [-0.2, 0) is 0 Å². The molecule has 1 rings (SSSR count). The van der Waals surface area contributed by atoms with Gasteiger partial charge in [0.15, 0.2) is 0 Å². The molecule has 0 saturated heterocycles. The molecule has 0 unspecified atom stereocenters. The van der Waals surface area contributed by atoms with Crippen LogP contribution < -0.4 is 5.32 Å². The van der Waals surface area contributed by atoms with E-state index in [-0.39, 0.29) is 5.56 Å². The highest BCUT2D eigenvalue weighted by molar-refractivity contribution is 5.94. The maximum absolute atomic E-state index is 12.0. The van der Waals surface area contributed by atoms with Crippen LogP contribution in [0.25, 0.3) is 0 Å². The van der Waals surface area contributed by atoms with Gasteiger partial charge < -0.3 is 5.32 Å². The molecular formula is C11H9F3N2O. The van der Waals surface area contributed by atoms with Crippen molar-refractivity contribution in [1.29, 1.82) is 5.26 Å². The molecule has 0 saturated carbocycles. The summed E-state index contributed by atoms with van der Waals surface area (Å²) >= 11 is 0. The summed E-state index contributed by atoms with van der Waals surface area (Å²) in [6.07, 6.45) is -5.84. The van der Waals surface area contributed by atoms with E-state index in [1.165, 1.54) is 18.2 Å². The lowest BCUT2D eigenvalue weighted by Crippen LogP contribution is -2.37. The van der Waals surface area contributed by atoms with E-state index in [9.17, 15) is 18.0 Å². The Bertz CT molecular complexity index is 423. The van der Waals surface area contributed by atoms with Crippen LogP contribution in [0, 0.1) is 11.3 Å². The van der Waals surface area contributed by atoms with Crippen LogP contribution in [0.1, 0.15) is 16.8 Å². The normalized spacial score (nSPS) is 12.6. The number of benzene rings is 1. The van der Waals surface area contributed by atoms with Crippen LogP contribution in [0.2, 0.25) is 0 Å². The van der Waals surface area contributed by atoms with Crippen molar-refractivity contribution in [2.75, 3.05) is 0 Å². The number of nitrogens with zero attached hydrogens (tertiary/aromatic N) is 1. The number of rotatable bonds is 3. The van der Waals surface area contributed by atoms with E-state index in [0.29, 0.717) is 0 Å². The van der Waals surface area contributed by atoms with Gasteiger partial charge in [0, 0.05) is 5.56 Å². The molecule has 0 bridgehead atoms. The second-order valence-corrected chi connectivity index (χ2v) is 3.34. The molecule has 0 aliphatic heterocycles. The second-order valence-electron chi connectivity index (χ2n) is 3.34. The predicted octanol–water partition coefficient (Wildman–Crippen LogP) is 2.26. The largest absolute Gasteiger partial charge is 0.392 e. The Kier molecular flexibility index (Phi) is 4.10. The van der Waals surface area contributed by atoms with Crippen molar-refractivity contribution in [3.8, 4) is 6.07 Å². The number of carbonyl (C=O) groups excluding carboxylic acids is 1. The van der Waals surface area contributed by atoms with Crippen LogP contribution in [-0.4, -0.2) is 18.1 Å². The smallest absolute Gasteiger partial charge is 0.336 e. The Morgan fingerprint density at radius 3 is 2.41 bits per heavy atom. The van der Waals surface area contributed by atoms with Gasteiger partial charge >= 0.3 is 6.18 Å². The molecule has 90 valence electrons. The third-order valence-electron chi connectivity index (χ3n) is 1.93. The van der Waals surface area contributed by atoms with Gasteiger partial charge in [-0.1, -0.05) is 18.2 Å². The van der Waals surface area contributed by atoms with Gasteiger partial charge in [-0.3, -0.25) is 4.79 Å². The minimum atomic E-state index is -4.48. The molecule has 1 atom stereocenters. The van der Waals surface area contributed by atoms with Crippen molar-refractivity contribution in [2.24, 2.45) is 0 Å². The van der Waals surface area contributed by atoms with Crippen molar-refractivity contribution in [2.45, 2.75) is 18.6 Å². The zero-order chi connectivity index (χ0) is 12.9. The molecule has 0 heterocycles. The number of carbonyl (C=O) groups is 1. The van der Waals surface area contributed by atoms with Gasteiger partial charge in [0.05, 0.1) is 12.5 Å². The van der Waals surface area contributed by atoms with E-state index in [0.717, 1.165) is 0 Å². The summed E-state index contributed by atoms with van der Waals surface area (Å²) in [6, 6.07) is 7.59. The molecule has 6 heteroatoms. The number of hydrogen-bond donors (Lipinski definition) is 1. The van der Waals surface area contributed by atoms with Crippen molar-refractivity contribution in [1.82, 2.24) is 5.32 Å². The SMILES string of the molecule is N#C[C@@H](CC(F)(F)F)NC(=O)c1ccccc1. The lowest BCUT2D eigenvalue weighted by atomic mass is 10.1. The van der Waals surface area contributed by atoms with Crippen molar-refractivity contribution >= 4 is 5.91 Å². The minimum Gasteiger partial charge on any atom is -0.336 e. The third-order valence-corrected chi connectivity index (χ3v) is 1.93. The summed E-state index contributed by atoms with van der Waals surface area (Å²) < 4.78 is 36.1. The molecule has 0 radical (unpaired) electrons. The molecule has 1 aromatic rings. The number of amides is 1. The lowest BCUT2D eigenvalue weighted by Gasteiger charge is -2.13. The average molecular weight is 242 g/mol. The quantitative estimate of drug-likeness (QED) is 0.883. The highest BCUT2D eigenvalue weighted by Crippen LogP contribution is 2.21. The van der Waals surface area contributed by atoms with E-state index >= 15 is 0 Å². The van der Waals surface area contributed by atoms with Crippen molar-refractivity contribution in [3.05, 3.63) is 35.9 Å². The van der Waals surface area contributed by atoms with Gasteiger partial charge in [-0.05, 0) is 12.1 Å². The first kappa shape index (κ1) is 13.0. The monoisotopic (exact) mass is 242 g/mol. The van der Waals surface area contributed by atoms with E-state index < -0.39 is 24.5 Å². The Balaban J connectivity index is 2.65. The zero-order valence-corrected chi connectivity index (χ0v) is 8.66. The summed E-state index contributed by atoms with van der Waals surface area (Å²) in [4.78, 5) is 11.5. The Hall–Kier alpha value is -2.03. The van der Waals surface area contributed by atoms with E-state index in [1.807, 2.05) is 5.32 Å². The fourth-order valence-corrected chi connectivity index (χ4v) is 1.19. The van der Waals surface area contributed by atoms with Gasteiger partial charge in [0.1, 0.15) is 6.04 Å². The average Bonchev–Trinajstić information content (AvgIpc) is 2.27. The first-order valence-electron chi connectivity index (χ1n) is 4.74. The topological polar surface area (TPSA) is 52.9 Å². The molecule has 1 N–H and O–H groups in total. The van der Waals surface area contributed by atoms with Gasteiger partial charge in [-0.15, -0.1) is 0 Å². The molecule has 0 aliphatic carbocycles. The number of nitrogens with one attached hydrogen (secondary N) is 1. The van der Waals surface area contributed by atoms with E-state index in [1.54, 1.807) is 18.2 Å². The number of hydrogen-bond acceptors (Lipinski definition) is 2. The maximum Gasteiger partial charge on any atom is 0.392 e. The molecule has 0 fully saturated rings. The Morgan fingerprint density at radius 1 is 1.35 bits per heavy atom. The van der Waals surface area contributed by atoms with Gasteiger partial charge in [0.2, 0.25) is 0 Å². The van der Waals surface area contributed by atoms with Crippen molar-refractivity contribution in [3.63, 3.8) is 0 Å². The molecule has 1 amide bonds.